The summed E-state index contributed by atoms with van der Waals surface area (Å²) in [6.07, 6.45) is 5.44. The largest absolute Gasteiger partial charge is 0.497 e. The van der Waals surface area contributed by atoms with Gasteiger partial charge in [0.2, 0.25) is 5.91 Å². The van der Waals surface area contributed by atoms with Crippen molar-refractivity contribution in [2.75, 3.05) is 20.8 Å². The summed E-state index contributed by atoms with van der Waals surface area (Å²) in [5.41, 5.74) is 0.886. The molecule has 1 aromatic rings. The standard InChI is InChI=1S/C22H29N3O4/c1-5-7-17-20(26)19-21(25(10-6-2)22(17)27)24-18(23-19)9-8-14-11-15(28-3)13-16(12-14)29-4/h8-9,11-13,17,19,21H,5-7,10H2,1-4H3,(H,23,24)/b9-8+. The predicted molar refractivity (Wildman–Crippen MR) is 112 cm³/mol. The number of Topliss-reactive ketones (excluding diaryl/α,β-unsaturated/α-hetero) is 1. The van der Waals surface area contributed by atoms with Gasteiger partial charge >= 0.3 is 0 Å². The van der Waals surface area contributed by atoms with Crippen LogP contribution in [-0.4, -0.2) is 55.4 Å². The average Bonchev–Trinajstić information content (AvgIpc) is 3.16. The predicted octanol–water partition coefficient (Wildman–Crippen LogP) is 2.65. The molecule has 0 radical (unpaired) electrons. The van der Waals surface area contributed by atoms with Crippen molar-refractivity contribution in [3.8, 4) is 11.5 Å². The molecule has 0 bridgehead atoms. The van der Waals surface area contributed by atoms with Crippen LogP contribution < -0.4 is 14.8 Å². The molecule has 2 aliphatic heterocycles. The molecule has 3 unspecified atom stereocenters. The first-order chi connectivity index (χ1) is 14.0. The number of rotatable bonds is 8. The third-order valence-corrected chi connectivity index (χ3v) is 5.27. The van der Waals surface area contributed by atoms with E-state index in [2.05, 4.69) is 10.3 Å². The van der Waals surface area contributed by atoms with Gasteiger partial charge in [-0.25, -0.2) is 4.99 Å². The number of benzene rings is 1. The van der Waals surface area contributed by atoms with Crippen molar-refractivity contribution in [1.82, 2.24) is 10.2 Å². The Labute approximate surface area is 171 Å². The second-order valence-corrected chi connectivity index (χ2v) is 7.30. The van der Waals surface area contributed by atoms with Crippen LogP contribution in [0.5, 0.6) is 11.5 Å². The SMILES string of the molecule is CCCC1C(=O)C2NC(/C=C/c3cc(OC)cc(OC)c3)=NC2N(CCC)C1=O. The summed E-state index contributed by atoms with van der Waals surface area (Å²) in [5, 5.41) is 3.22. The summed E-state index contributed by atoms with van der Waals surface area (Å²) < 4.78 is 10.6. The maximum Gasteiger partial charge on any atom is 0.235 e. The number of amidine groups is 1. The summed E-state index contributed by atoms with van der Waals surface area (Å²) in [4.78, 5) is 32.2. The van der Waals surface area contributed by atoms with Gasteiger partial charge in [0.15, 0.2) is 11.9 Å². The molecular formula is C22H29N3O4. The molecule has 156 valence electrons. The maximum absolute atomic E-state index is 12.9. The first-order valence-electron chi connectivity index (χ1n) is 10.1. The summed E-state index contributed by atoms with van der Waals surface area (Å²) in [7, 11) is 3.21. The zero-order valence-electron chi connectivity index (χ0n) is 17.5. The summed E-state index contributed by atoms with van der Waals surface area (Å²) in [6, 6.07) is 5.10. The van der Waals surface area contributed by atoms with Crippen molar-refractivity contribution in [1.29, 1.82) is 0 Å². The molecule has 3 rings (SSSR count). The lowest BCUT2D eigenvalue weighted by Gasteiger charge is -2.38. The summed E-state index contributed by atoms with van der Waals surface area (Å²) in [6.45, 7) is 4.62. The number of nitrogens with one attached hydrogen (secondary N) is 1. The quantitative estimate of drug-likeness (QED) is 0.680. The van der Waals surface area contributed by atoms with Gasteiger partial charge in [-0.3, -0.25) is 9.59 Å². The van der Waals surface area contributed by atoms with Crippen molar-refractivity contribution in [2.45, 2.75) is 45.3 Å². The summed E-state index contributed by atoms with van der Waals surface area (Å²) >= 11 is 0. The monoisotopic (exact) mass is 399 g/mol. The van der Waals surface area contributed by atoms with Gasteiger partial charge in [-0.2, -0.15) is 0 Å². The van der Waals surface area contributed by atoms with E-state index in [-0.39, 0.29) is 11.7 Å². The normalized spacial score (nSPS) is 23.8. The van der Waals surface area contributed by atoms with Gasteiger partial charge in [0, 0.05) is 12.6 Å². The van der Waals surface area contributed by atoms with E-state index in [1.54, 1.807) is 25.2 Å². The second-order valence-electron chi connectivity index (χ2n) is 7.30. The maximum atomic E-state index is 12.9. The molecule has 0 spiro atoms. The molecule has 0 aliphatic carbocycles. The average molecular weight is 399 g/mol. The van der Waals surface area contributed by atoms with Crippen molar-refractivity contribution in [3.05, 3.63) is 29.8 Å². The van der Waals surface area contributed by atoms with Gasteiger partial charge in [0.1, 0.15) is 23.4 Å². The fourth-order valence-corrected chi connectivity index (χ4v) is 3.85. The number of nitrogens with zero attached hydrogens (tertiary/aromatic N) is 2. The molecule has 7 nitrogen and oxygen atoms in total. The minimum absolute atomic E-state index is 0.0515. The van der Waals surface area contributed by atoms with E-state index in [9.17, 15) is 9.59 Å². The van der Waals surface area contributed by atoms with E-state index < -0.39 is 18.1 Å². The lowest BCUT2D eigenvalue weighted by atomic mass is 9.86. The van der Waals surface area contributed by atoms with Gasteiger partial charge in [-0.1, -0.05) is 26.3 Å². The van der Waals surface area contributed by atoms with Crippen molar-refractivity contribution in [3.63, 3.8) is 0 Å². The Morgan fingerprint density at radius 2 is 1.76 bits per heavy atom. The van der Waals surface area contributed by atoms with E-state index in [4.69, 9.17) is 9.47 Å². The lowest BCUT2D eigenvalue weighted by Crippen LogP contribution is -2.61. The number of hydrogen-bond acceptors (Lipinski definition) is 6. The van der Waals surface area contributed by atoms with Crippen LogP contribution in [0.2, 0.25) is 0 Å². The van der Waals surface area contributed by atoms with E-state index in [0.29, 0.717) is 30.3 Å². The second kappa shape index (κ2) is 9.11. The highest BCUT2D eigenvalue weighted by Gasteiger charge is 2.49. The highest BCUT2D eigenvalue weighted by molar-refractivity contribution is 6.11. The lowest BCUT2D eigenvalue weighted by molar-refractivity contribution is -0.150. The minimum atomic E-state index is -0.568. The van der Waals surface area contributed by atoms with Crippen molar-refractivity contribution >= 4 is 23.6 Å². The van der Waals surface area contributed by atoms with Crippen LogP contribution in [0.1, 0.15) is 38.7 Å². The number of fused-ring (bicyclic) bond motifs is 1. The highest BCUT2D eigenvalue weighted by atomic mass is 16.5. The van der Waals surface area contributed by atoms with E-state index in [0.717, 1.165) is 18.4 Å². The number of ether oxygens (including phenoxy) is 2. The summed E-state index contributed by atoms with van der Waals surface area (Å²) in [5.74, 6) is 1.27. The third kappa shape index (κ3) is 4.28. The number of ketones is 1. The van der Waals surface area contributed by atoms with Crippen LogP contribution in [0.15, 0.2) is 29.3 Å². The zero-order chi connectivity index (χ0) is 21.0. The van der Waals surface area contributed by atoms with Crippen molar-refractivity contribution in [2.24, 2.45) is 10.9 Å². The molecule has 3 atom stereocenters. The number of carbonyl (C=O) groups excluding carboxylic acids is 2. The number of likely N-dealkylation sites (tertiary alicyclic amines) is 1. The Morgan fingerprint density at radius 1 is 1.07 bits per heavy atom. The Morgan fingerprint density at radius 3 is 2.34 bits per heavy atom. The first kappa shape index (κ1) is 20.9. The number of hydrogen-bond donors (Lipinski definition) is 1. The fraction of sp³-hybridized carbons (Fsp3) is 0.500. The minimum Gasteiger partial charge on any atom is -0.497 e. The van der Waals surface area contributed by atoms with Crippen LogP contribution in [-0.2, 0) is 9.59 Å². The molecule has 29 heavy (non-hydrogen) atoms. The number of methoxy groups -OCH3 is 2. The van der Waals surface area contributed by atoms with Crippen molar-refractivity contribution < 1.29 is 19.1 Å². The number of carbonyl (C=O) groups is 2. The Bertz CT molecular complexity index is 811. The molecule has 1 fully saturated rings. The molecule has 1 N–H and O–H groups in total. The van der Waals surface area contributed by atoms with Gasteiger partial charge in [0.25, 0.3) is 0 Å². The van der Waals surface area contributed by atoms with E-state index >= 15 is 0 Å². The van der Waals surface area contributed by atoms with E-state index in [1.807, 2.05) is 38.1 Å². The van der Waals surface area contributed by atoms with E-state index in [1.165, 1.54) is 0 Å². The Balaban J connectivity index is 1.84. The topological polar surface area (TPSA) is 80.2 Å². The Hall–Kier alpha value is -2.83. The third-order valence-electron chi connectivity index (χ3n) is 5.27. The molecule has 0 saturated carbocycles. The molecular weight excluding hydrogens is 370 g/mol. The smallest absolute Gasteiger partial charge is 0.235 e. The number of piperidine rings is 1. The Kier molecular flexibility index (Phi) is 6.56. The molecule has 7 heteroatoms. The number of amides is 1. The van der Waals surface area contributed by atoms with Crippen LogP contribution in [0.25, 0.3) is 6.08 Å². The van der Waals surface area contributed by atoms with Gasteiger partial charge in [-0.15, -0.1) is 0 Å². The van der Waals surface area contributed by atoms with Crippen LogP contribution >= 0.6 is 0 Å². The molecule has 0 aromatic heterocycles. The van der Waals surface area contributed by atoms with Crippen LogP contribution in [0.3, 0.4) is 0 Å². The zero-order valence-corrected chi connectivity index (χ0v) is 17.5. The molecule has 2 aliphatic rings. The fourth-order valence-electron chi connectivity index (χ4n) is 3.85. The molecule has 1 aromatic carbocycles. The van der Waals surface area contributed by atoms with Gasteiger partial charge < -0.3 is 19.7 Å². The van der Waals surface area contributed by atoms with Gasteiger partial charge in [0.05, 0.1) is 20.1 Å². The first-order valence-corrected chi connectivity index (χ1v) is 10.1. The van der Waals surface area contributed by atoms with Gasteiger partial charge in [-0.05, 0) is 36.6 Å². The molecule has 2 heterocycles. The number of aliphatic imine (C=N–C) groups is 1. The van der Waals surface area contributed by atoms with Crippen LogP contribution in [0, 0.1) is 5.92 Å². The highest BCUT2D eigenvalue weighted by Crippen LogP contribution is 2.29. The molecule has 1 amide bonds. The molecule has 1 saturated heterocycles. The van der Waals surface area contributed by atoms with Crippen LogP contribution in [0.4, 0.5) is 0 Å².